The molecule has 1 unspecified atom stereocenters. The van der Waals surface area contributed by atoms with E-state index in [9.17, 15) is 0 Å². The highest BCUT2D eigenvalue weighted by molar-refractivity contribution is 5.08. The van der Waals surface area contributed by atoms with Crippen molar-refractivity contribution in [1.29, 1.82) is 0 Å². The highest BCUT2D eigenvalue weighted by Crippen LogP contribution is 2.38. The number of likely N-dealkylation sites (N-methyl/N-ethyl adjacent to an activating group) is 2. The summed E-state index contributed by atoms with van der Waals surface area (Å²) in [7, 11) is 6.53. The van der Waals surface area contributed by atoms with E-state index in [2.05, 4.69) is 44.3 Å². The summed E-state index contributed by atoms with van der Waals surface area (Å²) in [4.78, 5) is 2.43. The van der Waals surface area contributed by atoms with Gasteiger partial charge in [0.05, 0.1) is 6.26 Å². The van der Waals surface area contributed by atoms with Crippen molar-refractivity contribution in [3.8, 4) is 0 Å². The normalized spacial score (nSPS) is 29.6. The molecule has 1 aromatic rings. The molecule has 1 aliphatic carbocycles. The molecule has 1 N–H and O–H groups in total. The zero-order valence-electron chi connectivity index (χ0n) is 12.8. The van der Waals surface area contributed by atoms with E-state index in [1.165, 1.54) is 25.7 Å². The first-order chi connectivity index (χ1) is 9.08. The maximum absolute atomic E-state index is 5.54. The van der Waals surface area contributed by atoms with Gasteiger partial charge in [0.1, 0.15) is 5.76 Å². The van der Waals surface area contributed by atoms with Gasteiger partial charge in [-0.15, -0.1) is 0 Å². The van der Waals surface area contributed by atoms with Crippen LogP contribution in [0.4, 0.5) is 0 Å². The minimum absolute atomic E-state index is 0.258. The van der Waals surface area contributed by atoms with Gasteiger partial charge in [0, 0.05) is 18.0 Å². The lowest BCUT2D eigenvalue weighted by Crippen LogP contribution is -2.60. The Morgan fingerprint density at radius 1 is 1.42 bits per heavy atom. The van der Waals surface area contributed by atoms with Crippen molar-refractivity contribution in [2.24, 2.45) is 5.92 Å². The Balaban J connectivity index is 2.16. The molecule has 0 saturated heterocycles. The van der Waals surface area contributed by atoms with Crippen LogP contribution in [0.25, 0.3) is 0 Å². The SMILES string of the molecule is CNC(Cc1ccco1)C1(N(C)C)CCC(C)CC1. The summed E-state index contributed by atoms with van der Waals surface area (Å²) in [6, 6.07) is 4.51. The Labute approximate surface area is 117 Å². The molecule has 1 aromatic heterocycles. The van der Waals surface area contributed by atoms with Crippen molar-refractivity contribution >= 4 is 0 Å². The van der Waals surface area contributed by atoms with E-state index in [0.717, 1.165) is 18.1 Å². The Kier molecular flexibility index (Phi) is 4.69. The van der Waals surface area contributed by atoms with E-state index in [4.69, 9.17) is 4.42 Å². The van der Waals surface area contributed by atoms with E-state index in [1.807, 2.05) is 6.07 Å². The molecule has 0 amide bonds. The number of furan rings is 1. The van der Waals surface area contributed by atoms with Crippen LogP contribution in [0.1, 0.15) is 38.4 Å². The van der Waals surface area contributed by atoms with E-state index >= 15 is 0 Å². The van der Waals surface area contributed by atoms with Crippen molar-refractivity contribution < 1.29 is 4.42 Å². The molecule has 1 aliphatic rings. The second-order valence-electron chi connectivity index (χ2n) is 6.31. The molecule has 1 atom stereocenters. The quantitative estimate of drug-likeness (QED) is 0.886. The largest absolute Gasteiger partial charge is 0.469 e. The summed E-state index contributed by atoms with van der Waals surface area (Å²) in [6.07, 6.45) is 7.94. The van der Waals surface area contributed by atoms with Crippen LogP contribution in [0.15, 0.2) is 22.8 Å². The molecule has 108 valence electrons. The monoisotopic (exact) mass is 264 g/mol. The molecule has 0 spiro atoms. The van der Waals surface area contributed by atoms with Gasteiger partial charge < -0.3 is 14.6 Å². The highest BCUT2D eigenvalue weighted by atomic mass is 16.3. The van der Waals surface area contributed by atoms with E-state index in [0.29, 0.717) is 6.04 Å². The van der Waals surface area contributed by atoms with Gasteiger partial charge in [-0.1, -0.05) is 6.92 Å². The Morgan fingerprint density at radius 3 is 2.58 bits per heavy atom. The Bertz CT molecular complexity index is 364. The van der Waals surface area contributed by atoms with Crippen molar-refractivity contribution in [1.82, 2.24) is 10.2 Å². The van der Waals surface area contributed by atoms with Crippen molar-refractivity contribution in [2.75, 3.05) is 21.1 Å². The van der Waals surface area contributed by atoms with Crippen molar-refractivity contribution in [3.05, 3.63) is 24.2 Å². The summed E-state index contributed by atoms with van der Waals surface area (Å²) in [6.45, 7) is 2.38. The molecule has 1 heterocycles. The van der Waals surface area contributed by atoms with Crippen LogP contribution < -0.4 is 5.32 Å². The van der Waals surface area contributed by atoms with Crippen LogP contribution in [0, 0.1) is 5.92 Å². The molecule has 3 nitrogen and oxygen atoms in total. The van der Waals surface area contributed by atoms with Gasteiger partial charge in [-0.3, -0.25) is 0 Å². The molecule has 3 heteroatoms. The van der Waals surface area contributed by atoms with Crippen LogP contribution >= 0.6 is 0 Å². The molecule has 1 saturated carbocycles. The van der Waals surface area contributed by atoms with Gasteiger partial charge in [-0.05, 0) is 64.9 Å². The van der Waals surface area contributed by atoms with Gasteiger partial charge >= 0.3 is 0 Å². The number of nitrogens with one attached hydrogen (secondary N) is 1. The fraction of sp³-hybridized carbons (Fsp3) is 0.750. The molecule has 0 aliphatic heterocycles. The van der Waals surface area contributed by atoms with Gasteiger partial charge in [-0.25, -0.2) is 0 Å². The smallest absolute Gasteiger partial charge is 0.105 e. The van der Waals surface area contributed by atoms with Gasteiger partial charge in [-0.2, -0.15) is 0 Å². The molecular weight excluding hydrogens is 236 g/mol. The lowest BCUT2D eigenvalue weighted by Gasteiger charge is -2.49. The fourth-order valence-electron chi connectivity index (χ4n) is 3.56. The Hall–Kier alpha value is -0.800. The van der Waals surface area contributed by atoms with Crippen LogP contribution in [0.3, 0.4) is 0 Å². The maximum Gasteiger partial charge on any atom is 0.105 e. The minimum atomic E-state index is 0.258. The van der Waals surface area contributed by atoms with Crippen LogP contribution in [0.2, 0.25) is 0 Å². The summed E-state index contributed by atoms with van der Waals surface area (Å²) < 4.78 is 5.54. The average Bonchev–Trinajstić information content (AvgIpc) is 2.90. The molecule has 2 rings (SSSR count). The molecule has 0 radical (unpaired) electrons. The lowest BCUT2D eigenvalue weighted by molar-refractivity contribution is 0.0444. The second-order valence-corrected chi connectivity index (χ2v) is 6.31. The van der Waals surface area contributed by atoms with Crippen LogP contribution in [-0.4, -0.2) is 37.6 Å². The fourth-order valence-corrected chi connectivity index (χ4v) is 3.56. The van der Waals surface area contributed by atoms with Crippen LogP contribution in [0.5, 0.6) is 0 Å². The van der Waals surface area contributed by atoms with Gasteiger partial charge in [0.2, 0.25) is 0 Å². The first-order valence-corrected chi connectivity index (χ1v) is 7.45. The third kappa shape index (κ3) is 3.03. The summed E-state index contributed by atoms with van der Waals surface area (Å²) >= 11 is 0. The van der Waals surface area contributed by atoms with E-state index in [-0.39, 0.29) is 5.54 Å². The molecule has 19 heavy (non-hydrogen) atoms. The zero-order valence-corrected chi connectivity index (χ0v) is 12.8. The minimum Gasteiger partial charge on any atom is -0.469 e. The van der Waals surface area contributed by atoms with Crippen LogP contribution in [-0.2, 0) is 6.42 Å². The number of hydrogen-bond acceptors (Lipinski definition) is 3. The molecule has 1 fully saturated rings. The van der Waals surface area contributed by atoms with E-state index < -0.39 is 0 Å². The Morgan fingerprint density at radius 2 is 2.11 bits per heavy atom. The number of rotatable bonds is 5. The summed E-state index contributed by atoms with van der Waals surface area (Å²) in [5.74, 6) is 1.95. The predicted molar refractivity (Wildman–Crippen MR) is 79.3 cm³/mol. The summed E-state index contributed by atoms with van der Waals surface area (Å²) in [5.41, 5.74) is 0.258. The molecule has 0 bridgehead atoms. The van der Waals surface area contributed by atoms with E-state index in [1.54, 1.807) is 6.26 Å². The second kappa shape index (κ2) is 6.10. The molecule has 0 aromatic carbocycles. The predicted octanol–water partition coefficient (Wildman–Crippen LogP) is 2.92. The first-order valence-electron chi connectivity index (χ1n) is 7.45. The topological polar surface area (TPSA) is 28.4 Å². The number of nitrogens with zero attached hydrogens (tertiary/aromatic N) is 1. The first kappa shape index (κ1) is 14.6. The molecular formula is C16H28N2O. The maximum atomic E-state index is 5.54. The highest BCUT2D eigenvalue weighted by Gasteiger charge is 2.42. The van der Waals surface area contributed by atoms with Gasteiger partial charge in [0.15, 0.2) is 0 Å². The van der Waals surface area contributed by atoms with Crippen molar-refractivity contribution in [3.63, 3.8) is 0 Å². The standard InChI is InChI=1S/C16H28N2O/c1-13-7-9-16(10-8-13,18(3)4)15(17-2)12-14-6-5-11-19-14/h5-6,11,13,15,17H,7-10,12H2,1-4H3. The summed E-state index contributed by atoms with van der Waals surface area (Å²) in [5, 5.41) is 3.55. The van der Waals surface area contributed by atoms with Gasteiger partial charge in [0.25, 0.3) is 0 Å². The lowest BCUT2D eigenvalue weighted by atomic mass is 9.71. The zero-order chi connectivity index (χ0) is 13.9. The third-order valence-electron chi connectivity index (χ3n) is 5.01. The average molecular weight is 264 g/mol. The van der Waals surface area contributed by atoms with Crippen molar-refractivity contribution in [2.45, 2.75) is 50.6 Å². The number of hydrogen-bond donors (Lipinski definition) is 1. The third-order valence-corrected chi connectivity index (χ3v) is 5.01.